The molecule has 118 valence electrons. The van der Waals surface area contributed by atoms with Crippen molar-refractivity contribution in [2.75, 3.05) is 26.7 Å². The van der Waals surface area contributed by atoms with Crippen LogP contribution in [-0.4, -0.2) is 37.6 Å². The Morgan fingerprint density at radius 3 is 2.71 bits per heavy atom. The van der Waals surface area contributed by atoms with Crippen LogP contribution in [0, 0.1) is 6.92 Å². The second-order valence-electron chi connectivity index (χ2n) is 5.41. The summed E-state index contributed by atoms with van der Waals surface area (Å²) in [6.07, 6.45) is 1.09. The Bertz CT molecular complexity index is 460. The van der Waals surface area contributed by atoms with E-state index in [9.17, 15) is 4.79 Å². The molecule has 0 saturated heterocycles. The molecule has 1 unspecified atom stereocenters. The molecule has 1 atom stereocenters. The Labute approximate surface area is 128 Å². The molecule has 0 bridgehead atoms. The molecule has 0 aromatic heterocycles. The summed E-state index contributed by atoms with van der Waals surface area (Å²) in [6.45, 7) is 10.0. The summed E-state index contributed by atoms with van der Waals surface area (Å²) < 4.78 is 5.75. The number of rotatable bonds is 8. The van der Waals surface area contributed by atoms with Gasteiger partial charge >= 0.3 is 0 Å². The molecule has 0 radical (unpaired) electrons. The van der Waals surface area contributed by atoms with Gasteiger partial charge in [-0.1, -0.05) is 24.6 Å². The van der Waals surface area contributed by atoms with Gasteiger partial charge in [0.2, 0.25) is 0 Å². The summed E-state index contributed by atoms with van der Waals surface area (Å²) in [4.78, 5) is 13.5. The number of benzene rings is 1. The maximum absolute atomic E-state index is 11.9. The van der Waals surface area contributed by atoms with Crippen molar-refractivity contribution in [3.63, 3.8) is 0 Å². The van der Waals surface area contributed by atoms with E-state index in [1.165, 1.54) is 5.56 Å². The van der Waals surface area contributed by atoms with Gasteiger partial charge in [0.15, 0.2) is 6.61 Å². The van der Waals surface area contributed by atoms with Gasteiger partial charge in [0, 0.05) is 25.2 Å². The minimum atomic E-state index is -0.00167. The fourth-order valence-electron chi connectivity index (χ4n) is 2.03. The first-order valence-electron chi connectivity index (χ1n) is 7.70. The molecule has 4 heteroatoms. The van der Waals surface area contributed by atoms with Crippen LogP contribution in [0.4, 0.5) is 0 Å². The molecule has 0 aliphatic rings. The fraction of sp³-hybridized carbons (Fsp3) is 0.588. The maximum atomic E-state index is 11.9. The summed E-state index contributed by atoms with van der Waals surface area (Å²) in [5.41, 5.74) is 2.30. The van der Waals surface area contributed by atoms with Crippen LogP contribution in [0.3, 0.4) is 0 Å². The van der Waals surface area contributed by atoms with Crippen LogP contribution in [0.15, 0.2) is 18.2 Å². The van der Waals surface area contributed by atoms with Crippen molar-refractivity contribution >= 4 is 5.91 Å². The van der Waals surface area contributed by atoms with Crippen LogP contribution in [0.5, 0.6) is 5.75 Å². The Hall–Kier alpha value is -1.55. The van der Waals surface area contributed by atoms with E-state index in [4.69, 9.17) is 4.74 Å². The van der Waals surface area contributed by atoms with E-state index in [-0.39, 0.29) is 18.6 Å². The molecule has 1 aromatic rings. The first kappa shape index (κ1) is 17.5. The topological polar surface area (TPSA) is 41.6 Å². The lowest BCUT2D eigenvalue weighted by molar-refractivity contribution is -0.131. The number of hydrogen-bond acceptors (Lipinski definition) is 3. The number of aryl methyl sites for hydroxylation is 1. The zero-order chi connectivity index (χ0) is 15.8. The van der Waals surface area contributed by atoms with Crippen molar-refractivity contribution in [3.05, 3.63) is 29.3 Å². The Morgan fingerprint density at radius 1 is 1.38 bits per heavy atom. The van der Waals surface area contributed by atoms with E-state index in [0.717, 1.165) is 24.3 Å². The first-order valence-corrected chi connectivity index (χ1v) is 7.70. The first-order chi connectivity index (χ1) is 9.99. The van der Waals surface area contributed by atoms with Gasteiger partial charge in [0.05, 0.1) is 0 Å². The second kappa shape index (κ2) is 8.67. The van der Waals surface area contributed by atoms with Crippen molar-refractivity contribution < 1.29 is 9.53 Å². The Kier molecular flexibility index (Phi) is 7.23. The van der Waals surface area contributed by atoms with E-state index in [1.807, 2.05) is 19.1 Å². The van der Waals surface area contributed by atoms with Crippen LogP contribution in [0.2, 0.25) is 0 Å². The SMILES string of the molecule is CCCNC(C)c1cc(C)ccc1OCC(=O)N(C)CC. The molecular formula is C17H28N2O2. The van der Waals surface area contributed by atoms with Crippen molar-refractivity contribution in [2.45, 2.75) is 40.2 Å². The van der Waals surface area contributed by atoms with Crippen molar-refractivity contribution in [1.82, 2.24) is 10.2 Å². The molecule has 1 N–H and O–H groups in total. The lowest BCUT2D eigenvalue weighted by atomic mass is 10.0. The van der Waals surface area contributed by atoms with E-state index < -0.39 is 0 Å². The lowest BCUT2D eigenvalue weighted by Crippen LogP contribution is -2.31. The zero-order valence-electron chi connectivity index (χ0n) is 13.9. The molecular weight excluding hydrogens is 264 g/mol. The van der Waals surface area contributed by atoms with Gasteiger partial charge in [-0.2, -0.15) is 0 Å². The second-order valence-corrected chi connectivity index (χ2v) is 5.41. The number of hydrogen-bond donors (Lipinski definition) is 1. The number of likely N-dealkylation sites (N-methyl/N-ethyl adjacent to an activating group) is 1. The third-order valence-corrected chi connectivity index (χ3v) is 3.58. The summed E-state index contributed by atoms with van der Waals surface area (Å²) in [5.74, 6) is 0.785. The van der Waals surface area contributed by atoms with Crippen LogP contribution < -0.4 is 10.1 Å². The van der Waals surface area contributed by atoms with Gasteiger partial charge in [0.1, 0.15) is 5.75 Å². The number of carbonyl (C=O) groups is 1. The highest BCUT2D eigenvalue weighted by Crippen LogP contribution is 2.26. The zero-order valence-corrected chi connectivity index (χ0v) is 13.9. The Morgan fingerprint density at radius 2 is 2.10 bits per heavy atom. The third kappa shape index (κ3) is 5.38. The summed E-state index contributed by atoms with van der Waals surface area (Å²) in [5, 5.41) is 3.46. The molecule has 1 aromatic carbocycles. The minimum absolute atomic E-state index is 0.00167. The molecule has 0 spiro atoms. The molecule has 1 rings (SSSR count). The summed E-state index contributed by atoms with van der Waals surface area (Å²) in [6, 6.07) is 6.29. The minimum Gasteiger partial charge on any atom is -0.483 e. The van der Waals surface area contributed by atoms with E-state index in [0.29, 0.717) is 6.54 Å². The van der Waals surface area contributed by atoms with E-state index in [1.54, 1.807) is 11.9 Å². The number of ether oxygens (including phenoxy) is 1. The van der Waals surface area contributed by atoms with Crippen molar-refractivity contribution in [1.29, 1.82) is 0 Å². The predicted octanol–water partition coefficient (Wildman–Crippen LogP) is 2.91. The number of nitrogens with zero attached hydrogens (tertiary/aromatic N) is 1. The van der Waals surface area contributed by atoms with Gasteiger partial charge in [-0.3, -0.25) is 4.79 Å². The largest absolute Gasteiger partial charge is 0.483 e. The number of nitrogens with one attached hydrogen (secondary N) is 1. The molecule has 1 amide bonds. The average molecular weight is 292 g/mol. The normalized spacial score (nSPS) is 12.0. The highest BCUT2D eigenvalue weighted by molar-refractivity contribution is 5.77. The molecule has 0 aliphatic heterocycles. The third-order valence-electron chi connectivity index (χ3n) is 3.58. The number of carbonyl (C=O) groups excluding carboxylic acids is 1. The van der Waals surface area contributed by atoms with E-state index >= 15 is 0 Å². The van der Waals surface area contributed by atoms with Crippen molar-refractivity contribution in [2.24, 2.45) is 0 Å². The fourth-order valence-corrected chi connectivity index (χ4v) is 2.03. The molecule has 4 nitrogen and oxygen atoms in total. The van der Waals surface area contributed by atoms with E-state index in [2.05, 4.69) is 32.2 Å². The molecule has 0 fully saturated rings. The number of amides is 1. The van der Waals surface area contributed by atoms with Crippen LogP contribution in [-0.2, 0) is 4.79 Å². The summed E-state index contributed by atoms with van der Waals surface area (Å²) in [7, 11) is 1.78. The van der Waals surface area contributed by atoms with Crippen molar-refractivity contribution in [3.8, 4) is 5.75 Å². The van der Waals surface area contributed by atoms with Gasteiger partial charge < -0.3 is 15.0 Å². The van der Waals surface area contributed by atoms with Gasteiger partial charge in [-0.25, -0.2) is 0 Å². The van der Waals surface area contributed by atoms with Gasteiger partial charge in [-0.15, -0.1) is 0 Å². The monoisotopic (exact) mass is 292 g/mol. The predicted molar refractivity (Wildman–Crippen MR) is 86.7 cm³/mol. The quantitative estimate of drug-likeness (QED) is 0.801. The molecule has 21 heavy (non-hydrogen) atoms. The average Bonchev–Trinajstić information content (AvgIpc) is 2.49. The molecule has 0 aliphatic carbocycles. The lowest BCUT2D eigenvalue weighted by Gasteiger charge is -2.20. The highest BCUT2D eigenvalue weighted by Gasteiger charge is 2.14. The van der Waals surface area contributed by atoms with Crippen LogP contribution in [0.1, 0.15) is 44.4 Å². The van der Waals surface area contributed by atoms with Gasteiger partial charge in [0.25, 0.3) is 5.91 Å². The smallest absolute Gasteiger partial charge is 0.260 e. The summed E-state index contributed by atoms with van der Waals surface area (Å²) >= 11 is 0. The Balaban J connectivity index is 2.79. The van der Waals surface area contributed by atoms with Gasteiger partial charge in [-0.05, 0) is 39.8 Å². The maximum Gasteiger partial charge on any atom is 0.260 e. The molecule has 0 heterocycles. The van der Waals surface area contributed by atoms with Crippen LogP contribution >= 0.6 is 0 Å². The molecule has 0 saturated carbocycles. The highest BCUT2D eigenvalue weighted by atomic mass is 16.5. The van der Waals surface area contributed by atoms with Crippen LogP contribution in [0.25, 0.3) is 0 Å². The standard InChI is InChI=1S/C17H28N2O2/c1-6-10-18-14(4)15-11-13(3)8-9-16(15)21-12-17(20)19(5)7-2/h8-9,11,14,18H,6-7,10,12H2,1-5H3.